The van der Waals surface area contributed by atoms with Gasteiger partial charge in [0.25, 0.3) is 0 Å². The van der Waals surface area contributed by atoms with Crippen LogP contribution in [0.1, 0.15) is 20.8 Å². The van der Waals surface area contributed by atoms with Gasteiger partial charge in [-0.3, -0.25) is 14.7 Å². The molecule has 0 radical (unpaired) electrons. The summed E-state index contributed by atoms with van der Waals surface area (Å²) in [4.78, 5) is 27.8. The minimum Gasteiger partial charge on any atom is -0.480 e. The highest BCUT2D eigenvalue weighted by Crippen LogP contribution is 2.27. The molecule has 1 aliphatic rings. The summed E-state index contributed by atoms with van der Waals surface area (Å²) in [5.74, 6) is -2.14. The maximum Gasteiger partial charge on any atom is 0.329 e. The molecular formula is C10H16N2O4. The van der Waals surface area contributed by atoms with Gasteiger partial charge in [-0.2, -0.15) is 0 Å². The lowest BCUT2D eigenvalue weighted by molar-refractivity contribution is -0.159. The second-order valence-corrected chi connectivity index (χ2v) is 4.50. The fourth-order valence-electron chi connectivity index (χ4n) is 1.85. The molecule has 0 aromatic heterocycles. The number of hydrogen-bond donors (Lipinski definition) is 2. The number of carboxylic acids is 2. The van der Waals surface area contributed by atoms with Gasteiger partial charge in [0.1, 0.15) is 5.54 Å². The van der Waals surface area contributed by atoms with Crippen LogP contribution in [0.3, 0.4) is 0 Å². The first kappa shape index (κ1) is 12.6. The van der Waals surface area contributed by atoms with E-state index in [2.05, 4.69) is 4.99 Å². The van der Waals surface area contributed by atoms with E-state index in [1.807, 2.05) is 0 Å². The molecule has 1 atom stereocenters. The van der Waals surface area contributed by atoms with E-state index in [9.17, 15) is 14.7 Å². The highest BCUT2D eigenvalue weighted by Gasteiger charge is 2.49. The van der Waals surface area contributed by atoms with Gasteiger partial charge in [0.15, 0.2) is 5.54 Å². The second kappa shape index (κ2) is 3.86. The number of carboxylic acid groups (broad SMARTS) is 2. The maximum atomic E-state index is 11.2. The summed E-state index contributed by atoms with van der Waals surface area (Å²) in [5.41, 5.74) is -2.60. The van der Waals surface area contributed by atoms with Crippen molar-refractivity contribution in [3.8, 4) is 0 Å². The van der Waals surface area contributed by atoms with Gasteiger partial charge >= 0.3 is 11.9 Å². The Kier molecular flexibility index (Phi) is 3.05. The first-order valence-electron chi connectivity index (χ1n) is 4.98. The van der Waals surface area contributed by atoms with Crippen molar-refractivity contribution in [3.63, 3.8) is 0 Å². The van der Waals surface area contributed by atoms with Crippen LogP contribution in [0, 0.1) is 0 Å². The van der Waals surface area contributed by atoms with Gasteiger partial charge in [-0.1, -0.05) is 0 Å². The number of aliphatic carboxylic acids is 2. The average molecular weight is 228 g/mol. The molecule has 1 rings (SSSR count). The zero-order chi connectivity index (χ0) is 12.6. The average Bonchev–Trinajstić information content (AvgIpc) is 2.17. The third kappa shape index (κ3) is 1.80. The Hall–Kier alpha value is -1.43. The molecule has 1 unspecified atom stereocenters. The monoisotopic (exact) mass is 228 g/mol. The SMILES string of the molecule is CC(C)(C(=O)O)N1CCN=CC1(C)C(=O)O. The summed E-state index contributed by atoms with van der Waals surface area (Å²) >= 11 is 0. The first-order valence-corrected chi connectivity index (χ1v) is 4.98. The lowest BCUT2D eigenvalue weighted by Crippen LogP contribution is -2.66. The Morgan fingerprint density at radius 1 is 1.44 bits per heavy atom. The number of aliphatic imine (C=N–C) groups is 1. The highest BCUT2D eigenvalue weighted by molar-refractivity contribution is 6.00. The van der Waals surface area contributed by atoms with Crippen LogP contribution in [0.2, 0.25) is 0 Å². The summed E-state index contributed by atoms with van der Waals surface area (Å²) in [7, 11) is 0. The van der Waals surface area contributed by atoms with Crippen molar-refractivity contribution in [2.75, 3.05) is 13.1 Å². The molecule has 0 aromatic rings. The van der Waals surface area contributed by atoms with E-state index < -0.39 is 23.0 Å². The van der Waals surface area contributed by atoms with Crippen LogP contribution in [0.25, 0.3) is 0 Å². The fourth-order valence-corrected chi connectivity index (χ4v) is 1.85. The predicted molar refractivity (Wildman–Crippen MR) is 57.8 cm³/mol. The Morgan fingerprint density at radius 3 is 2.44 bits per heavy atom. The maximum absolute atomic E-state index is 11.2. The van der Waals surface area contributed by atoms with Gasteiger partial charge in [0, 0.05) is 12.8 Å². The third-order valence-corrected chi connectivity index (χ3v) is 2.99. The van der Waals surface area contributed by atoms with Gasteiger partial charge < -0.3 is 10.2 Å². The fraction of sp³-hybridized carbons (Fsp3) is 0.700. The van der Waals surface area contributed by atoms with Crippen molar-refractivity contribution >= 4 is 18.2 Å². The topological polar surface area (TPSA) is 90.2 Å². The lowest BCUT2D eigenvalue weighted by atomic mass is 9.91. The molecular weight excluding hydrogens is 212 g/mol. The van der Waals surface area contributed by atoms with Crippen LogP contribution in [0.4, 0.5) is 0 Å². The molecule has 1 aliphatic heterocycles. The van der Waals surface area contributed by atoms with Gasteiger partial charge in [0.2, 0.25) is 0 Å². The van der Waals surface area contributed by atoms with E-state index in [-0.39, 0.29) is 0 Å². The quantitative estimate of drug-likeness (QED) is 0.714. The molecule has 90 valence electrons. The minimum atomic E-state index is -1.36. The number of hydrogen-bond acceptors (Lipinski definition) is 4. The summed E-state index contributed by atoms with van der Waals surface area (Å²) in [6, 6.07) is 0. The van der Waals surface area contributed by atoms with Crippen molar-refractivity contribution in [3.05, 3.63) is 0 Å². The molecule has 0 spiro atoms. The van der Waals surface area contributed by atoms with Crippen molar-refractivity contribution in [1.29, 1.82) is 0 Å². The largest absolute Gasteiger partial charge is 0.480 e. The Balaban J connectivity index is 3.17. The number of carbonyl (C=O) groups is 2. The first-order chi connectivity index (χ1) is 7.23. The van der Waals surface area contributed by atoms with Gasteiger partial charge in [0.05, 0.1) is 6.54 Å². The zero-order valence-electron chi connectivity index (χ0n) is 9.60. The molecule has 0 bridgehead atoms. The van der Waals surface area contributed by atoms with Crippen LogP contribution in [0.15, 0.2) is 4.99 Å². The van der Waals surface area contributed by atoms with Gasteiger partial charge in [-0.15, -0.1) is 0 Å². The molecule has 0 aromatic carbocycles. The molecule has 0 fully saturated rings. The normalized spacial score (nSPS) is 26.7. The van der Waals surface area contributed by atoms with Crippen LogP contribution in [-0.2, 0) is 9.59 Å². The third-order valence-electron chi connectivity index (χ3n) is 2.99. The van der Waals surface area contributed by atoms with Crippen LogP contribution in [-0.4, -0.2) is 57.4 Å². The lowest BCUT2D eigenvalue weighted by Gasteiger charge is -2.45. The summed E-state index contributed by atoms with van der Waals surface area (Å²) in [5, 5.41) is 18.3. The molecule has 0 saturated carbocycles. The molecule has 6 heteroatoms. The van der Waals surface area contributed by atoms with Crippen molar-refractivity contribution in [2.45, 2.75) is 31.8 Å². The zero-order valence-corrected chi connectivity index (χ0v) is 9.60. The van der Waals surface area contributed by atoms with E-state index in [0.717, 1.165) is 0 Å². The van der Waals surface area contributed by atoms with Crippen molar-refractivity contribution in [1.82, 2.24) is 4.90 Å². The van der Waals surface area contributed by atoms with Crippen molar-refractivity contribution in [2.24, 2.45) is 4.99 Å². The van der Waals surface area contributed by atoms with E-state index in [1.54, 1.807) is 0 Å². The van der Waals surface area contributed by atoms with Gasteiger partial charge in [-0.25, -0.2) is 4.79 Å². The summed E-state index contributed by atoms with van der Waals surface area (Å²) < 4.78 is 0. The summed E-state index contributed by atoms with van der Waals surface area (Å²) in [6.07, 6.45) is 1.31. The van der Waals surface area contributed by atoms with Crippen LogP contribution < -0.4 is 0 Å². The molecule has 0 saturated heterocycles. The summed E-state index contributed by atoms with van der Waals surface area (Å²) in [6.45, 7) is 5.19. The highest BCUT2D eigenvalue weighted by atomic mass is 16.4. The second-order valence-electron chi connectivity index (χ2n) is 4.50. The standard InChI is InChI=1S/C10H16N2O4/c1-9(2,7(13)14)12-5-4-11-6-10(12,3)8(15)16/h6H,4-5H2,1-3H3,(H,13,14)(H,15,16). The Labute approximate surface area is 93.6 Å². The molecule has 1 heterocycles. The van der Waals surface area contributed by atoms with E-state index in [4.69, 9.17) is 5.11 Å². The Morgan fingerprint density at radius 2 is 2.00 bits per heavy atom. The molecule has 0 aliphatic carbocycles. The van der Waals surface area contributed by atoms with E-state index in [1.165, 1.54) is 31.9 Å². The van der Waals surface area contributed by atoms with Crippen molar-refractivity contribution < 1.29 is 19.8 Å². The predicted octanol–water partition coefficient (Wildman–Crippen LogP) is 0.0793. The van der Waals surface area contributed by atoms with Gasteiger partial charge in [-0.05, 0) is 20.8 Å². The minimum absolute atomic E-state index is 0.318. The molecule has 2 N–H and O–H groups in total. The number of nitrogens with zero attached hydrogens (tertiary/aromatic N) is 2. The smallest absolute Gasteiger partial charge is 0.329 e. The Bertz CT molecular complexity index is 351. The van der Waals surface area contributed by atoms with Crippen LogP contribution in [0.5, 0.6) is 0 Å². The van der Waals surface area contributed by atoms with E-state index >= 15 is 0 Å². The number of rotatable bonds is 3. The molecule has 0 amide bonds. The molecule has 16 heavy (non-hydrogen) atoms. The van der Waals surface area contributed by atoms with Crippen LogP contribution >= 0.6 is 0 Å². The molecule has 6 nitrogen and oxygen atoms in total. The van der Waals surface area contributed by atoms with E-state index in [0.29, 0.717) is 13.1 Å².